The fraction of sp³-hybridized carbons (Fsp3) is 0.217. The lowest BCUT2D eigenvalue weighted by Crippen LogP contribution is -2.26. The fourth-order valence-electron chi connectivity index (χ4n) is 3.33. The highest BCUT2D eigenvalue weighted by Gasteiger charge is 2.14. The van der Waals surface area contributed by atoms with Gasteiger partial charge in [-0.05, 0) is 43.7 Å². The van der Waals surface area contributed by atoms with Crippen molar-refractivity contribution < 1.29 is 4.74 Å². The van der Waals surface area contributed by atoms with Gasteiger partial charge < -0.3 is 25.3 Å². The van der Waals surface area contributed by atoms with E-state index in [1.54, 1.807) is 24.1 Å². The van der Waals surface area contributed by atoms with Gasteiger partial charge in [-0.15, -0.1) is 0 Å². The van der Waals surface area contributed by atoms with Gasteiger partial charge >= 0.3 is 0 Å². The Morgan fingerprint density at radius 1 is 1.16 bits per heavy atom. The number of nitrogens with two attached hydrogens (primary N) is 1. The maximum atomic E-state index is 13.4. The number of nitrogen functional groups attached to an aromatic ring is 1. The van der Waals surface area contributed by atoms with Gasteiger partial charge in [0.15, 0.2) is 0 Å². The minimum absolute atomic E-state index is 0.109. The second kappa shape index (κ2) is 9.03. The molecular formula is C23H25N7O2. The van der Waals surface area contributed by atoms with Crippen LogP contribution in [0.25, 0.3) is 22.0 Å². The molecule has 0 aliphatic heterocycles. The number of anilines is 3. The third-order valence-corrected chi connectivity index (χ3v) is 5.05. The number of hydrogen-bond donors (Lipinski definition) is 2. The summed E-state index contributed by atoms with van der Waals surface area (Å²) in [5.74, 6) is 1.34. The van der Waals surface area contributed by atoms with Crippen LogP contribution in [0, 0.1) is 0 Å². The summed E-state index contributed by atoms with van der Waals surface area (Å²) in [6, 6.07) is 11.2. The van der Waals surface area contributed by atoms with Crippen LogP contribution in [0.2, 0.25) is 0 Å². The van der Waals surface area contributed by atoms with Crippen LogP contribution in [-0.2, 0) is 6.54 Å². The summed E-state index contributed by atoms with van der Waals surface area (Å²) in [7, 11) is 5.56. The van der Waals surface area contributed by atoms with Crippen molar-refractivity contribution in [3.63, 3.8) is 0 Å². The first-order chi connectivity index (χ1) is 15.4. The van der Waals surface area contributed by atoms with Gasteiger partial charge in [0.1, 0.15) is 11.6 Å². The van der Waals surface area contributed by atoms with Gasteiger partial charge in [0.2, 0.25) is 5.95 Å². The predicted molar refractivity (Wildman–Crippen MR) is 126 cm³/mol. The normalized spacial score (nSPS) is 11.1. The average molecular weight is 432 g/mol. The number of methoxy groups -OCH3 is 1. The van der Waals surface area contributed by atoms with Crippen molar-refractivity contribution in [2.75, 3.05) is 38.8 Å². The van der Waals surface area contributed by atoms with E-state index in [4.69, 9.17) is 15.5 Å². The molecule has 0 aliphatic carbocycles. The van der Waals surface area contributed by atoms with Crippen LogP contribution >= 0.6 is 0 Å². The maximum absolute atomic E-state index is 13.4. The van der Waals surface area contributed by atoms with Crippen LogP contribution in [0.1, 0.15) is 0 Å². The number of aromatic nitrogens is 4. The Morgan fingerprint density at radius 3 is 2.66 bits per heavy atom. The van der Waals surface area contributed by atoms with E-state index >= 15 is 0 Å². The standard InChI is InChI=1S/C23H25N7O2/c1-29(2)9-10-30-8-7-15-11-19(16-13-25-23(24)26-14-16)28-21(20(15)22(30)31)27-17-5-4-6-18(12-17)32-3/h4-8,11-14H,9-10H2,1-3H3,(H,27,28)(H2,24,25,26). The summed E-state index contributed by atoms with van der Waals surface area (Å²) in [5.41, 5.74) is 7.61. The summed E-state index contributed by atoms with van der Waals surface area (Å²) in [5, 5.41) is 4.57. The maximum Gasteiger partial charge on any atom is 0.262 e. The molecule has 9 heteroatoms. The minimum Gasteiger partial charge on any atom is -0.497 e. The monoisotopic (exact) mass is 431 g/mol. The summed E-state index contributed by atoms with van der Waals surface area (Å²) in [6.07, 6.45) is 5.04. The minimum atomic E-state index is -0.109. The number of nitrogens with zero attached hydrogens (tertiary/aromatic N) is 5. The Morgan fingerprint density at radius 2 is 1.94 bits per heavy atom. The predicted octanol–water partition coefficient (Wildman–Crippen LogP) is 2.75. The highest BCUT2D eigenvalue weighted by Crippen LogP contribution is 2.28. The van der Waals surface area contributed by atoms with Crippen LogP contribution in [0.3, 0.4) is 0 Å². The second-order valence-electron chi connectivity index (χ2n) is 7.62. The van der Waals surface area contributed by atoms with Crippen molar-refractivity contribution in [2.45, 2.75) is 6.54 Å². The Balaban J connectivity index is 1.87. The van der Waals surface area contributed by atoms with Gasteiger partial charge in [-0.3, -0.25) is 4.79 Å². The second-order valence-corrected chi connectivity index (χ2v) is 7.62. The van der Waals surface area contributed by atoms with Gasteiger partial charge in [-0.1, -0.05) is 6.07 Å². The first-order valence-corrected chi connectivity index (χ1v) is 10.1. The summed E-state index contributed by atoms with van der Waals surface area (Å²) >= 11 is 0. The van der Waals surface area contributed by atoms with Crippen molar-refractivity contribution in [1.29, 1.82) is 0 Å². The molecule has 0 spiro atoms. The number of fused-ring (bicyclic) bond motifs is 1. The Kier molecular flexibility index (Phi) is 6.00. The number of benzene rings is 1. The van der Waals surface area contributed by atoms with Crippen LogP contribution in [0.5, 0.6) is 5.75 Å². The first kappa shape index (κ1) is 21.3. The van der Waals surface area contributed by atoms with E-state index in [2.05, 4.69) is 15.3 Å². The number of hydrogen-bond acceptors (Lipinski definition) is 8. The molecule has 0 atom stereocenters. The molecule has 0 saturated carbocycles. The van der Waals surface area contributed by atoms with Crippen molar-refractivity contribution in [3.05, 3.63) is 65.3 Å². The van der Waals surface area contributed by atoms with Crippen molar-refractivity contribution in [2.24, 2.45) is 0 Å². The smallest absolute Gasteiger partial charge is 0.262 e. The quantitative estimate of drug-likeness (QED) is 0.460. The SMILES string of the molecule is COc1cccc(Nc2nc(-c3cnc(N)nc3)cc3ccn(CCN(C)C)c(=O)c23)c1. The molecule has 4 aromatic rings. The van der Waals surface area contributed by atoms with Crippen LogP contribution in [0.15, 0.2) is 59.8 Å². The zero-order valence-electron chi connectivity index (χ0n) is 18.2. The van der Waals surface area contributed by atoms with E-state index in [-0.39, 0.29) is 11.5 Å². The summed E-state index contributed by atoms with van der Waals surface area (Å²) in [6.45, 7) is 1.33. The third-order valence-electron chi connectivity index (χ3n) is 5.05. The molecule has 0 bridgehead atoms. The largest absolute Gasteiger partial charge is 0.497 e. The molecule has 3 heterocycles. The molecule has 164 valence electrons. The van der Waals surface area contributed by atoms with Gasteiger partial charge in [-0.25, -0.2) is 15.0 Å². The molecule has 32 heavy (non-hydrogen) atoms. The molecule has 9 nitrogen and oxygen atoms in total. The topological polar surface area (TPSA) is 111 Å². The number of pyridine rings is 2. The fourth-order valence-corrected chi connectivity index (χ4v) is 3.33. The zero-order chi connectivity index (χ0) is 22.7. The van der Waals surface area contributed by atoms with E-state index in [1.165, 1.54) is 0 Å². The highest BCUT2D eigenvalue weighted by atomic mass is 16.5. The van der Waals surface area contributed by atoms with E-state index < -0.39 is 0 Å². The molecule has 4 rings (SSSR count). The lowest BCUT2D eigenvalue weighted by molar-refractivity contribution is 0.381. The van der Waals surface area contributed by atoms with E-state index in [9.17, 15) is 4.79 Å². The molecule has 3 aromatic heterocycles. The molecule has 0 fully saturated rings. The molecule has 0 saturated heterocycles. The Bertz CT molecular complexity index is 1300. The molecule has 0 aliphatic rings. The third kappa shape index (κ3) is 4.52. The molecule has 0 amide bonds. The number of rotatable bonds is 7. The van der Waals surface area contributed by atoms with Gasteiger partial charge in [0, 0.05) is 49.0 Å². The molecular weight excluding hydrogens is 406 g/mol. The Hall–Kier alpha value is -3.98. The summed E-state index contributed by atoms with van der Waals surface area (Å²) in [4.78, 5) is 28.3. The lowest BCUT2D eigenvalue weighted by atomic mass is 10.1. The van der Waals surface area contributed by atoms with Crippen molar-refractivity contribution in [1.82, 2.24) is 24.4 Å². The van der Waals surface area contributed by atoms with Gasteiger partial charge in [0.25, 0.3) is 5.56 Å². The van der Waals surface area contributed by atoms with Crippen molar-refractivity contribution >= 4 is 28.2 Å². The zero-order valence-corrected chi connectivity index (χ0v) is 18.2. The number of ether oxygens (including phenoxy) is 1. The van der Waals surface area contributed by atoms with E-state index in [0.717, 1.165) is 17.6 Å². The van der Waals surface area contributed by atoms with Gasteiger partial charge in [-0.2, -0.15) is 0 Å². The van der Waals surface area contributed by atoms with Crippen LogP contribution in [-0.4, -0.2) is 52.2 Å². The van der Waals surface area contributed by atoms with Crippen LogP contribution < -0.4 is 21.3 Å². The summed E-state index contributed by atoms with van der Waals surface area (Å²) < 4.78 is 7.02. The Labute approximate surface area is 185 Å². The molecule has 1 aromatic carbocycles. The van der Waals surface area contributed by atoms with E-state index in [1.807, 2.05) is 61.6 Å². The molecule has 0 radical (unpaired) electrons. The number of likely N-dealkylation sites (N-methyl/N-ethyl adjacent to an activating group) is 1. The van der Waals surface area contributed by atoms with E-state index in [0.29, 0.717) is 34.8 Å². The van der Waals surface area contributed by atoms with Crippen molar-refractivity contribution in [3.8, 4) is 17.0 Å². The van der Waals surface area contributed by atoms with Crippen LogP contribution in [0.4, 0.5) is 17.5 Å². The molecule has 3 N–H and O–H groups in total. The highest BCUT2D eigenvalue weighted by molar-refractivity contribution is 5.95. The number of nitrogens with one attached hydrogen (secondary N) is 1. The average Bonchev–Trinajstić information content (AvgIpc) is 2.79. The van der Waals surface area contributed by atoms with Gasteiger partial charge in [0.05, 0.1) is 18.2 Å². The molecule has 0 unspecified atom stereocenters. The first-order valence-electron chi connectivity index (χ1n) is 10.1. The lowest BCUT2D eigenvalue weighted by Gasteiger charge is -2.15.